The van der Waals surface area contributed by atoms with Crippen molar-refractivity contribution in [2.24, 2.45) is 5.73 Å². The molecule has 0 aromatic heterocycles. The summed E-state index contributed by atoms with van der Waals surface area (Å²) < 4.78 is 0. The molecule has 0 fully saturated rings. The topological polar surface area (TPSA) is 127 Å². The number of carbonyl (C=O) groups is 2. The fourth-order valence-corrected chi connectivity index (χ4v) is 1.83. The molecule has 0 saturated heterocycles. The van der Waals surface area contributed by atoms with Gasteiger partial charge in [-0.25, -0.2) is 0 Å². The third-order valence-corrected chi connectivity index (χ3v) is 2.70. The van der Waals surface area contributed by atoms with E-state index in [2.05, 4.69) is 10.6 Å². The van der Waals surface area contributed by atoms with Crippen LogP contribution in [0, 0.1) is 10.1 Å². The first-order valence-corrected chi connectivity index (χ1v) is 6.46. The number of carbonyl (C=O) groups excluding carboxylic acids is 2. The highest BCUT2D eigenvalue weighted by Crippen LogP contribution is 2.26. The largest absolute Gasteiger partial charge is 0.376 e. The van der Waals surface area contributed by atoms with Crippen molar-refractivity contribution in [2.75, 3.05) is 11.9 Å². The lowest BCUT2D eigenvalue weighted by Crippen LogP contribution is -2.25. The quantitative estimate of drug-likeness (QED) is 0.511. The molecule has 114 valence electrons. The predicted octanol–water partition coefficient (Wildman–Crippen LogP) is 1.02. The molecule has 1 unspecified atom stereocenters. The zero-order chi connectivity index (χ0) is 16.0. The molecule has 2 amide bonds. The van der Waals surface area contributed by atoms with Crippen LogP contribution in [0.15, 0.2) is 18.2 Å². The Kier molecular flexibility index (Phi) is 5.65. The second-order valence-corrected chi connectivity index (χ2v) is 4.56. The van der Waals surface area contributed by atoms with Crippen molar-refractivity contribution in [3.63, 3.8) is 0 Å². The first-order valence-electron chi connectivity index (χ1n) is 6.46. The van der Waals surface area contributed by atoms with Gasteiger partial charge in [0.05, 0.1) is 4.92 Å². The van der Waals surface area contributed by atoms with Gasteiger partial charge in [0.2, 0.25) is 5.91 Å². The number of nitro groups is 1. The Balaban J connectivity index is 3.06. The Morgan fingerprint density at radius 2 is 2.10 bits per heavy atom. The van der Waals surface area contributed by atoms with Gasteiger partial charge in [0, 0.05) is 30.6 Å². The van der Waals surface area contributed by atoms with Gasteiger partial charge in [-0.2, -0.15) is 0 Å². The summed E-state index contributed by atoms with van der Waals surface area (Å²) in [6.07, 6.45) is 0.0303. The van der Waals surface area contributed by atoms with Gasteiger partial charge in [-0.1, -0.05) is 0 Å². The summed E-state index contributed by atoms with van der Waals surface area (Å²) >= 11 is 0. The average Bonchev–Trinajstić information content (AvgIpc) is 2.37. The molecule has 1 rings (SSSR count). The fourth-order valence-electron chi connectivity index (χ4n) is 1.83. The molecule has 0 aliphatic heterocycles. The van der Waals surface area contributed by atoms with E-state index in [1.165, 1.54) is 18.2 Å². The predicted molar refractivity (Wildman–Crippen MR) is 78.0 cm³/mol. The maximum Gasteiger partial charge on any atom is 0.292 e. The van der Waals surface area contributed by atoms with E-state index in [4.69, 9.17) is 5.73 Å². The van der Waals surface area contributed by atoms with Gasteiger partial charge in [0.25, 0.3) is 11.6 Å². The summed E-state index contributed by atoms with van der Waals surface area (Å²) in [6, 6.07) is 3.64. The summed E-state index contributed by atoms with van der Waals surface area (Å²) in [4.78, 5) is 33.1. The number of hydrogen-bond acceptors (Lipinski definition) is 5. The summed E-state index contributed by atoms with van der Waals surface area (Å²) in [7, 11) is 0. The Bertz CT molecular complexity index is 559. The molecule has 0 saturated carbocycles. The fraction of sp³-hybridized carbons (Fsp3) is 0.385. The number of nitro benzene ring substituents is 1. The highest BCUT2D eigenvalue weighted by Gasteiger charge is 2.18. The number of rotatable bonds is 7. The van der Waals surface area contributed by atoms with E-state index in [1.807, 2.05) is 0 Å². The van der Waals surface area contributed by atoms with Crippen LogP contribution >= 0.6 is 0 Å². The molecule has 4 N–H and O–H groups in total. The molecule has 8 heteroatoms. The highest BCUT2D eigenvalue weighted by atomic mass is 16.6. The Morgan fingerprint density at radius 3 is 2.62 bits per heavy atom. The van der Waals surface area contributed by atoms with Crippen LogP contribution < -0.4 is 16.4 Å². The lowest BCUT2D eigenvalue weighted by molar-refractivity contribution is -0.384. The molecule has 0 spiro atoms. The normalized spacial score (nSPS) is 11.5. The van der Waals surface area contributed by atoms with E-state index >= 15 is 0 Å². The van der Waals surface area contributed by atoms with Crippen LogP contribution in [0.25, 0.3) is 0 Å². The monoisotopic (exact) mass is 294 g/mol. The summed E-state index contributed by atoms with van der Waals surface area (Å²) in [6.45, 7) is 3.90. The van der Waals surface area contributed by atoms with Crippen LogP contribution in [0.1, 0.15) is 30.6 Å². The van der Waals surface area contributed by atoms with Gasteiger partial charge in [0.15, 0.2) is 0 Å². The number of nitrogens with two attached hydrogens (primary N) is 1. The van der Waals surface area contributed by atoms with Gasteiger partial charge in [-0.15, -0.1) is 0 Å². The number of nitrogens with one attached hydrogen (secondary N) is 2. The molecule has 21 heavy (non-hydrogen) atoms. The van der Waals surface area contributed by atoms with Crippen molar-refractivity contribution < 1.29 is 14.5 Å². The second-order valence-electron chi connectivity index (χ2n) is 4.56. The van der Waals surface area contributed by atoms with Crippen molar-refractivity contribution in [1.29, 1.82) is 0 Å². The minimum absolute atomic E-state index is 0.0303. The molecule has 0 heterocycles. The third kappa shape index (κ3) is 4.75. The standard InChI is InChI=1S/C13H18N4O4/c1-3-15-13(19)9-4-5-11(17(20)21)10(7-9)16-8(2)6-12(14)18/h4-5,7-8,16H,3,6H2,1-2H3,(H2,14,18)(H,15,19). The Hall–Kier alpha value is -2.64. The lowest BCUT2D eigenvalue weighted by atomic mass is 10.1. The molecule has 1 atom stereocenters. The van der Waals surface area contributed by atoms with Crippen LogP contribution in [-0.4, -0.2) is 29.3 Å². The zero-order valence-electron chi connectivity index (χ0n) is 11.9. The molecule has 1 aromatic carbocycles. The average molecular weight is 294 g/mol. The van der Waals surface area contributed by atoms with Crippen LogP contribution in [0.4, 0.5) is 11.4 Å². The summed E-state index contributed by atoms with van der Waals surface area (Å²) in [5.74, 6) is -0.837. The first-order chi connectivity index (χ1) is 9.85. The lowest BCUT2D eigenvalue weighted by Gasteiger charge is -2.14. The Morgan fingerprint density at radius 1 is 1.43 bits per heavy atom. The van der Waals surface area contributed by atoms with Crippen molar-refractivity contribution in [3.05, 3.63) is 33.9 Å². The number of benzene rings is 1. The van der Waals surface area contributed by atoms with Crippen LogP contribution in [0.3, 0.4) is 0 Å². The van der Waals surface area contributed by atoms with Gasteiger partial charge < -0.3 is 16.4 Å². The molecule has 1 aromatic rings. The molecule has 8 nitrogen and oxygen atoms in total. The van der Waals surface area contributed by atoms with E-state index < -0.39 is 10.8 Å². The summed E-state index contributed by atoms with van der Waals surface area (Å²) in [5.41, 5.74) is 5.40. The minimum Gasteiger partial charge on any atom is -0.376 e. The number of hydrogen-bond donors (Lipinski definition) is 3. The van der Waals surface area contributed by atoms with Crippen LogP contribution in [-0.2, 0) is 4.79 Å². The van der Waals surface area contributed by atoms with Crippen LogP contribution in [0.5, 0.6) is 0 Å². The number of nitrogens with zero attached hydrogens (tertiary/aromatic N) is 1. The van der Waals surface area contributed by atoms with E-state index in [0.717, 1.165) is 0 Å². The van der Waals surface area contributed by atoms with E-state index in [9.17, 15) is 19.7 Å². The van der Waals surface area contributed by atoms with E-state index in [-0.39, 0.29) is 29.7 Å². The molecule has 0 bridgehead atoms. The van der Waals surface area contributed by atoms with Crippen LogP contribution in [0.2, 0.25) is 0 Å². The maximum absolute atomic E-state index is 11.8. The van der Waals surface area contributed by atoms with Gasteiger partial charge in [-0.3, -0.25) is 19.7 Å². The maximum atomic E-state index is 11.8. The summed E-state index contributed by atoms with van der Waals surface area (Å²) in [5, 5.41) is 16.5. The SMILES string of the molecule is CCNC(=O)c1ccc([N+](=O)[O-])c(NC(C)CC(N)=O)c1. The molecule has 0 aliphatic carbocycles. The highest BCUT2D eigenvalue weighted by molar-refractivity contribution is 5.95. The van der Waals surface area contributed by atoms with E-state index in [0.29, 0.717) is 12.1 Å². The van der Waals surface area contributed by atoms with Crippen molar-refractivity contribution in [2.45, 2.75) is 26.3 Å². The van der Waals surface area contributed by atoms with Crippen molar-refractivity contribution >= 4 is 23.2 Å². The molecule has 0 radical (unpaired) electrons. The Labute approximate surface area is 121 Å². The molecular formula is C13H18N4O4. The number of amides is 2. The number of anilines is 1. The zero-order valence-corrected chi connectivity index (χ0v) is 11.9. The first kappa shape index (κ1) is 16.4. The minimum atomic E-state index is -0.555. The van der Waals surface area contributed by atoms with Gasteiger partial charge >= 0.3 is 0 Å². The second kappa shape index (κ2) is 7.22. The van der Waals surface area contributed by atoms with Gasteiger partial charge in [0.1, 0.15) is 5.69 Å². The molecular weight excluding hydrogens is 276 g/mol. The van der Waals surface area contributed by atoms with Crippen molar-refractivity contribution in [3.8, 4) is 0 Å². The third-order valence-electron chi connectivity index (χ3n) is 2.70. The molecule has 0 aliphatic rings. The van der Waals surface area contributed by atoms with Gasteiger partial charge in [-0.05, 0) is 26.0 Å². The van der Waals surface area contributed by atoms with E-state index in [1.54, 1.807) is 13.8 Å². The smallest absolute Gasteiger partial charge is 0.292 e. The van der Waals surface area contributed by atoms with Crippen molar-refractivity contribution in [1.82, 2.24) is 5.32 Å². The number of primary amides is 1.